The van der Waals surface area contributed by atoms with E-state index in [1.165, 1.54) is 23.1 Å². The summed E-state index contributed by atoms with van der Waals surface area (Å²) in [6.07, 6.45) is -1.76. The molecular weight excluding hydrogens is 371 g/mol. The second-order valence-corrected chi connectivity index (χ2v) is 6.27. The number of likely N-dealkylation sites (N-methyl/N-ethyl adjacent to an activating group) is 1. The third kappa shape index (κ3) is 5.11. The van der Waals surface area contributed by atoms with Gasteiger partial charge in [0.2, 0.25) is 11.8 Å². The van der Waals surface area contributed by atoms with Gasteiger partial charge in [-0.2, -0.15) is 13.2 Å². The number of benzene rings is 1. The molecule has 3 N–H and O–H groups in total. The summed E-state index contributed by atoms with van der Waals surface area (Å²) < 4.78 is 38.9. The van der Waals surface area contributed by atoms with Crippen LogP contribution >= 0.6 is 12.4 Å². The first kappa shape index (κ1) is 22.2. The number of nitrogens with one attached hydrogen (secondary N) is 1. The average Bonchev–Trinajstić information content (AvgIpc) is 2.99. The molecule has 1 aromatic carbocycles. The van der Waals surface area contributed by atoms with Gasteiger partial charge in [-0.15, -0.1) is 12.4 Å². The molecule has 1 fully saturated rings. The Balaban J connectivity index is 0.00000338. The Labute approximate surface area is 156 Å². The highest BCUT2D eigenvalue weighted by molar-refractivity contribution is 5.96. The predicted octanol–water partition coefficient (Wildman–Crippen LogP) is 3.19. The highest BCUT2D eigenvalue weighted by Gasteiger charge is 2.40. The number of hydrogen-bond acceptors (Lipinski definition) is 3. The molecule has 0 spiro atoms. The van der Waals surface area contributed by atoms with Gasteiger partial charge < -0.3 is 16.0 Å². The molecule has 0 radical (unpaired) electrons. The fraction of sp³-hybridized carbons (Fsp3) is 0.529. The van der Waals surface area contributed by atoms with Crippen LogP contribution < -0.4 is 11.1 Å². The van der Waals surface area contributed by atoms with Crippen LogP contribution in [0.4, 0.5) is 18.9 Å². The van der Waals surface area contributed by atoms with E-state index in [-0.39, 0.29) is 37.1 Å². The molecular formula is C17H23ClF3N3O2. The fourth-order valence-corrected chi connectivity index (χ4v) is 3.06. The van der Waals surface area contributed by atoms with E-state index in [1.54, 1.807) is 6.92 Å². The average molecular weight is 394 g/mol. The van der Waals surface area contributed by atoms with Gasteiger partial charge in [0.15, 0.2) is 0 Å². The molecule has 0 aliphatic heterocycles. The molecule has 0 unspecified atom stereocenters. The second-order valence-electron chi connectivity index (χ2n) is 6.27. The lowest BCUT2D eigenvalue weighted by molar-refractivity contribution is -0.139. The number of halogens is 4. The first-order valence-electron chi connectivity index (χ1n) is 8.22. The van der Waals surface area contributed by atoms with Gasteiger partial charge in [0.05, 0.1) is 23.3 Å². The van der Waals surface area contributed by atoms with Crippen LogP contribution in [-0.4, -0.2) is 35.3 Å². The molecule has 0 bridgehead atoms. The smallest absolute Gasteiger partial charge is 0.332 e. The van der Waals surface area contributed by atoms with Crippen molar-refractivity contribution in [3.63, 3.8) is 0 Å². The lowest BCUT2D eigenvalue weighted by Gasteiger charge is -2.30. The topological polar surface area (TPSA) is 75.4 Å². The Morgan fingerprint density at radius 1 is 1.23 bits per heavy atom. The van der Waals surface area contributed by atoms with Crippen LogP contribution in [-0.2, 0) is 15.8 Å². The lowest BCUT2D eigenvalue weighted by atomic mass is 9.97. The quantitative estimate of drug-likeness (QED) is 0.806. The zero-order chi connectivity index (χ0) is 18.7. The monoisotopic (exact) mass is 393 g/mol. The number of hydrogen-bond donors (Lipinski definition) is 2. The van der Waals surface area contributed by atoms with Crippen LogP contribution in [0, 0.1) is 0 Å². The van der Waals surface area contributed by atoms with E-state index in [1.807, 2.05) is 0 Å². The van der Waals surface area contributed by atoms with Gasteiger partial charge in [-0.3, -0.25) is 9.59 Å². The van der Waals surface area contributed by atoms with Gasteiger partial charge in [-0.1, -0.05) is 25.0 Å². The minimum absolute atomic E-state index is 0. The van der Waals surface area contributed by atoms with Crippen molar-refractivity contribution in [2.24, 2.45) is 5.73 Å². The number of alkyl halides is 3. The van der Waals surface area contributed by atoms with Gasteiger partial charge in [-0.05, 0) is 31.9 Å². The Kier molecular flexibility index (Phi) is 7.46. The lowest BCUT2D eigenvalue weighted by Crippen LogP contribution is -2.55. The molecule has 0 heterocycles. The van der Waals surface area contributed by atoms with E-state index in [4.69, 9.17) is 5.73 Å². The van der Waals surface area contributed by atoms with Crippen LogP contribution in [0.2, 0.25) is 0 Å². The third-order valence-electron chi connectivity index (χ3n) is 4.43. The maximum atomic E-state index is 13.0. The molecule has 0 saturated heterocycles. The second kappa shape index (κ2) is 8.73. The maximum Gasteiger partial charge on any atom is 0.418 e. The van der Waals surface area contributed by atoms with E-state index >= 15 is 0 Å². The number of anilines is 1. The Morgan fingerprint density at radius 2 is 1.81 bits per heavy atom. The minimum Gasteiger partial charge on any atom is -0.332 e. The summed E-state index contributed by atoms with van der Waals surface area (Å²) in [5.74, 6) is -1.01. The Morgan fingerprint density at radius 3 is 2.35 bits per heavy atom. The normalized spacial score (nSPS) is 15.9. The van der Waals surface area contributed by atoms with Gasteiger partial charge in [0.1, 0.15) is 0 Å². The molecule has 0 aromatic heterocycles. The molecule has 2 rings (SSSR count). The van der Waals surface area contributed by atoms with Crippen molar-refractivity contribution in [1.29, 1.82) is 0 Å². The van der Waals surface area contributed by atoms with Crippen LogP contribution in [0.25, 0.3) is 0 Å². The first-order valence-corrected chi connectivity index (χ1v) is 8.22. The summed E-state index contributed by atoms with van der Waals surface area (Å²) in [6, 6.07) is 4.73. The summed E-state index contributed by atoms with van der Waals surface area (Å²) in [4.78, 5) is 26.0. The van der Waals surface area contributed by atoms with Crippen molar-refractivity contribution >= 4 is 29.9 Å². The van der Waals surface area contributed by atoms with Crippen molar-refractivity contribution in [3.8, 4) is 0 Å². The molecule has 5 nitrogen and oxygen atoms in total. The van der Waals surface area contributed by atoms with E-state index < -0.39 is 23.2 Å². The molecule has 9 heteroatoms. The summed E-state index contributed by atoms with van der Waals surface area (Å²) in [5, 5.41) is 2.25. The van der Waals surface area contributed by atoms with Crippen molar-refractivity contribution < 1.29 is 22.8 Å². The highest BCUT2D eigenvalue weighted by atomic mass is 35.5. The zero-order valence-electron chi connectivity index (χ0n) is 14.4. The zero-order valence-corrected chi connectivity index (χ0v) is 15.3. The summed E-state index contributed by atoms with van der Waals surface area (Å²) in [6.45, 7) is 1.62. The number of carbonyl (C=O) groups is 2. The third-order valence-corrected chi connectivity index (χ3v) is 4.43. The number of carbonyl (C=O) groups excluding carboxylic acids is 2. The molecule has 1 aliphatic rings. The molecule has 26 heavy (non-hydrogen) atoms. The number of amides is 2. The number of nitrogens with zero attached hydrogens (tertiary/aromatic N) is 1. The number of rotatable bonds is 5. The summed E-state index contributed by atoms with van der Waals surface area (Å²) in [7, 11) is 0. The van der Waals surface area contributed by atoms with Crippen LogP contribution in [0.15, 0.2) is 24.3 Å². The molecule has 0 atom stereocenters. The SMILES string of the molecule is CCN(CC(=O)Nc1ccccc1C(F)(F)F)C(=O)C1(N)CCCC1.Cl. The van der Waals surface area contributed by atoms with Crippen LogP contribution in [0.1, 0.15) is 38.2 Å². The van der Waals surface area contributed by atoms with E-state index in [0.29, 0.717) is 12.8 Å². The molecule has 2 amide bonds. The highest BCUT2D eigenvalue weighted by Crippen LogP contribution is 2.34. The first-order chi connectivity index (χ1) is 11.7. The van der Waals surface area contributed by atoms with E-state index in [2.05, 4.69) is 5.32 Å². The van der Waals surface area contributed by atoms with Crippen molar-refractivity contribution in [1.82, 2.24) is 4.90 Å². The van der Waals surface area contributed by atoms with E-state index in [9.17, 15) is 22.8 Å². The molecule has 1 aliphatic carbocycles. The summed E-state index contributed by atoms with van der Waals surface area (Å²) >= 11 is 0. The molecule has 1 aromatic rings. The number of nitrogens with two attached hydrogens (primary N) is 1. The van der Waals surface area contributed by atoms with Gasteiger partial charge in [0.25, 0.3) is 0 Å². The maximum absolute atomic E-state index is 13.0. The van der Waals surface area contributed by atoms with Crippen molar-refractivity contribution in [2.75, 3.05) is 18.4 Å². The van der Waals surface area contributed by atoms with Crippen LogP contribution in [0.3, 0.4) is 0 Å². The van der Waals surface area contributed by atoms with Gasteiger partial charge >= 0.3 is 6.18 Å². The van der Waals surface area contributed by atoms with E-state index in [0.717, 1.165) is 18.9 Å². The molecule has 1 saturated carbocycles. The van der Waals surface area contributed by atoms with Crippen LogP contribution in [0.5, 0.6) is 0 Å². The fourth-order valence-electron chi connectivity index (χ4n) is 3.06. The van der Waals surface area contributed by atoms with Gasteiger partial charge in [-0.25, -0.2) is 0 Å². The van der Waals surface area contributed by atoms with Crippen molar-refractivity contribution in [3.05, 3.63) is 29.8 Å². The molecule has 146 valence electrons. The summed E-state index contributed by atoms with van der Waals surface area (Å²) in [5.41, 5.74) is 3.89. The Hall–Kier alpha value is -1.80. The minimum atomic E-state index is -4.57. The van der Waals surface area contributed by atoms with Crippen molar-refractivity contribution in [2.45, 2.75) is 44.3 Å². The number of para-hydroxylation sites is 1. The largest absolute Gasteiger partial charge is 0.418 e. The van der Waals surface area contributed by atoms with Gasteiger partial charge in [0, 0.05) is 6.54 Å². The predicted molar refractivity (Wildman–Crippen MR) is 95.0 cm³/mol. The standard InChI is InChI=1S/C17H22F3N3O2.ClH/c1-2-23(15(25)16(21)9-5-6-10-16)11-14(24)22-13-8-4-3-7-12(13)17(18,19)20;/h3-4,7-8H,2,5-6,9-11,21H2,1H3,(H,22,24);1H. The Bertz CT molecular complexity index is 646.